The smallest absolute Gasteiger partial charge is 0.272 e. The lowest BCUT2D eigenvalue weighted by molar-refractivity contribution is -0.116. The zero-order chi connectivity index (χ0) is 28.5. The summed E-state index contributed by atoms with van der Waals surface area (Å²) in [6.07, 6.45) is 2.12. The minimum absolute atomic E-state index is 0.0904. The van der Waals surface area contributed by atoms with Crippen LogP contribution in [0.3, 0.4) is 0 Å². The normalized spacial score (nSPS) is 11.9. The van der Waals surface area contributed by atoms with Gasteiger partial charge in [0.15, 0.2) is 0 Å². The van der Waals surface area contributed by atoms with Crippen molar-refractivity contribution < 1.29 is 18.8 Å². The molecule has 0 saturated heterocycles. The van der Waals surface area contributed by atoms with E-state index in [1.54, 1.807) is 54.6 Å². The predicted molar refractivity (Wildman–Crippen MR) is 164 cm³/mol. The molecule has 0 bridgehead atoms. The quantitative estimate of drug-likeness (QED) is 0.124. The SMILES string of the molecule is CCC(Sc1cccc(NC(=O)/C(=C/c2ccsc2)NC(=O)c2ccccc2)c1)C(=O)Nc1ccc(Br)cc1F. The Morgan fingerprint density at radius 3 is 2.50 bits per heavy atom. The molecule has 0 fully saturated rings. The number of carbonyl (C=O) groups is 3. The van der Waals surface area contributed by atoms with Gasteiger partial charge in [-0.05, 0) is 83.4 Å². The Hall–Kier alpha value is -3.73. The van der Waals surface area contributed by atoms with Gasteiger partial charge in [0, 0.05) is 20.6 Å². The molecule has 1 unspecified atom stereocenters. The highest BCUT2D eigenvalue weighted by Crippen LogP contribution is 2.29. The van der Waals surface area contributed by atoms with Crippen LogP contribution in [0.5, 0.6) is 0 Å². The Labute approximate surface area is 248 Å². The molecule has 0 spiro atoms. The summed E-state index contributed by atoms with van der Waals surface area (Å²) in [4.78, 5) is 39.7. The minimum atomic E-state index is -0.530. The highest BCUT2D eigenvalue weighted by Gasteiger charge is 2.20. The fraction of sp³-hybridized carbons (Fsp3) is 0.100. The number of thiophene rings is 1. The zero-order valence-electron chi connectivity index (χ0n) is 21.3. The third-order valence-corrected chi connectivity index (χ3v) is 8.16. The van der Waals surface area contributed by atoms with E-state index in [1.807, 2.05) is 35.9 Å². The standard InChI is InChI=1S/C30H25BrFN3O3S2/c1-2-27(30(38)34-25-12-11-21(31)16-24(25)32)40-23-10-6-9-22(17-23)33-29(37)26(15-19-13-14-39-18-19)35-28(36)20-7-4-3-5-8-20/h3-18,27H,2H2,1H3,(H,33,37)(H,34,38)(H,35,36)/b26-15-. The maximum absolute atomic E-state index is 14.2. The molecule has 0 aliphatic heterocycles. The summed E-state index contributed by atoms with van der Waals surface area (Å²) < 4.78 is 14.8. The number of thioether (sulfide) groups is 1. The second-order valence-corrected chi connectivity index (χ2v) is 11.5. The molecule has 0 aliphatic carbocycles. The van der Waals surface area contributed by atoms with Gasteiger partial charge < -0.3 is 16.0 Å². The average Bonchev–Trinajstić information content (AvgIpc) is 3.46. The predicted octanol–water partition coefficient (Wildman–Crippen LogP) is 7.57. The molecular formula is C30H25BrFN3O3S2. The summed E-state index contributed by atoms with van der Waals surface area (Å²) in [5, 5.41) is 11.5. The number of rotatable bonds is 10. The molecule has 4 aromatic rings. The number of hydrogen-bond donors (Lipinski definition) is 3. The highest BCUT2D eigenvalue weighted by atomic mass is 79.9. The molecule has 1 atom stereocenters. The Bertz CT molecular complexity index is 1530. The third kappa shape index (κ3) is 8.14. The van der Waals surface area contributed by atoms with Crippen molar-refractivity contribution in [2.75, 3.05) is 10.6 Å². The van der Waals surface area contributed by atoms with Gasteiger partial charge in [-0.15, -0.1) is 11.8 Å². The molecule has 4 rings (SSSR count). The van der Waals surface area contributed by atoms with Crippen LogP contribution in [-0.4, -0.2) is 23.0 Å². The van der Waals surface area contributed by atoms with Crippen molar-refractivity contribution in [1.29, 1.82) is 0 Å². The molecule has 10 heteroatoms. The van der Waals surface area contributed by atoms with E-state index in [2.05, 4.69) is 31.9 Å². The highest BCUT2D eigenvalue weighted by molar-refractivity contribution is 9.10. The first-order chi connectivity index (χ1) is 19.3. The van der Waals surface area contributed by atoms with Crippen molar-refractivity contribution in [2.45, 2.75) is 23.5 Å². The lowest BCUT2D eigenvalue weighted by atomic mass is 10.2. The van der Waals surface area contributed by atoms with Crippen LogP contribution < -0.4 is 16.0 Å². The van der Waals surface area contributed by atoms with Crippen LogP contribution in [0.1, 0.15) is 29.3 Å². The number of benzene rings is 3. The van der Waals surface area contributed by atoms with Crippen molar-refractivity contribution in [2.24, 2.45) is 0 Å². The minimum Gasteiger partial charge on any atom is -0.323 e. The first kappa shape index (κ1) is 29.3. The van der Waals surface area contributed by atoms with Gasteiger partial charge in [-0.3, -0.25) is 14.4 Å². The monoisotopic (exact) mass is 637 g/mol. The van der Waals surface area contributed by atoms with E-state index in [-0.39, 0.29) is 17.3 Å². The molecule has 0 aliphatic rings. The van der Waals surface area contributed by atoms with Crippen LogP contribution >= 0.6 is 39.0 Å². The zero-order valence-corrected chi connectivity index (χ0v) is 24.5. The Morgan fingerprint density at radius 1 is 1.00 bits per heavy atom. The van der Waals surface area contributed by atoms with Gasteiger partial charge in [0.05, 0.1) is 10.9 Å². The van der Waals surface area contributed by atoms with Gasteiger partial charge in [-0.2, -0.15) is 11.3 Å². The van der Waals surface area contributed by atoms with E-state index in [1.165, 1.54) is 35.2 Å². The van der Waals surface area contributed by atoms with Gasteiger partial charge in [-0.1, -0.05) is 47.1 Å². The number of halogens is 2. The number of carbonyl (C=O) groups excluding carboxylic acids is 3. The Balaban J connectivity index is 1.47. The van der Waals surface area contributed by atoms with E-state index in [0.717, 1.165) is 10.5 Å². The summed E-state index contributed by atoms with van der Waals surface area (Å²) in [5.41, 5.74) is 1.90. The topological polar surface area (TPSA) is 87.3 Å². The Morgan fingerprint density at radius 2 is 1.80 bits per heavy atom. The first-order valence-electron chi connectivity index (χ1n) is 12.3. The van der Waals surface area contributed by atoms with Crippen molar-refractivity contribution in [1.82, 2.24) is 5.32 Å². The maximum atomic E-state index is 14.2. The summed E-state index contributed by atoms with van der Waals surface area (Å²) in [7, 11) is 0. The van der Waals surface area contributed by atoms with E-state index >= 15 is 0 Å². The third-order valence-electron chi connectivity index (χ3n) is 5.61. The largest absolute Gasteiger partial charge is 0.323 e. The fourth-order valence-electron chi connectivity index (χ4n) is 3.60. The maximum Gasteiger partial charge on any atom is 0.272 e. The van der Waals surface area contributed by atoms with Gasteiger partial charge in [-0.25, -0.2) is 4.39 Å². The van der Waals surface area contributed by atoms with Crippen LogP contribution in [-0.2, 0) is 9.59 Å². The van der Waals surface area contributed by atoms with Crippen molar-refractivity contribution in [3.05, 3.63) is 117 Å². The van der Waals surface area contributed by atoms with E-state index < -0.39 is 22.9 Å². The van der Waals surface area contributed by atoms with E-state index in [0.29, 0.717) is 22.1 Å². The van der Waals surface area contributed by atoms with Crippen molar-refractivity contribution in [3.8, 4) is 0 Å². The molecule has 1 heterocycles. The number of nitrogens with one attached hydrogen (secondary N) is 3. The van der Waals surface area contributed by atoms with Crippen LogP contribution in [0.15, 0.2) is 105 Å². The van der Waals surface area contributed by atoms with Crippen LogP contribution in [0.25, 0.3) is 6.08 Å². The summed E-state index contributed by atoms with van der Waals surface area (Å²) in [6.45, 7) is 1.87. The summed E-state index contributed by atoms with van der Waals surface area (Å²) in [6, 6.07) is 22.0. The number of amides is 3. The number of anilines is 2. The van der Waals surface area contributed by atoms with Gasteiger partial charge in [0.25, 0.3) is 11.8 Å². The molecule has 0 saturated carbocycles. The molecule has 6 nitrogen and oxygen atoms in total. The molecule has 40 heavy (non-hydrogen) atoms. The lowest BCUT2D eigenvalue weighted by Gasteiger charge is -2.16. The second-order valence-electron chi connectivity index (χ2n) is 8.54. The Kier molecular flexibility index (Phi) is 10.3. The molecule has 204 valence electrons. The second kappa shape index (κ2) is 14.1. The van der Waals surface area contributed by atoms with Crippen LogP contribution in [0.2, 0.25) is 0 Å². The first-order valence-corrected chi connectivity index (χ1v) is 14.9. The number of hydrogen-bond acceptors (Lipinski definition) is 5. The lowest BCUT2D eigenvalue weighted by Crippen LogP contribution is -2.30. The summed E-state index contributed by atoms with van der Waals surface area (Å²) >= 11 is 6.00. The fourth-order valence-corrected chi connectivity index (χ4v) is 5.57. The van der Waals surface area contributed by atoms with E-state index in [9.17, 15) is 18.8 Å². The summed E-state index contributed by atoms with van der Waals surface area (Å²) in [5.74, 6) is -1.75. The van der Waals surface area contributed by atoms with Crippen LogP contribution in [0.4, 0.5) is 15.8 Å². The average molecular weight is 639 g/mol. The molecule has 3 aromatic carbocycles. The molecule has 1 aromatic heterocycles. The van der Waals surface area contributed by atoms with Crippen molar-refractivity contribution in [3.63, 3.8) is 0 Å². The van der Waals surface area contributed by atoms with Crippen molar-refractivity contribution >= 4 is 74.2 Å². The molecule has 3 amide bonds. The molecular weight excluding hydrogens is 613 g/mol. The van der Waals surface area contributed by atoms with Gasteiger partial charge in [0.2, 0.25) is 5.91 Å². The van der Waals surface area contributed by atoms with E-state index in [4.69, 9.17) is 0 Å². The van der Waals surface area contributed by atoms with Gasteiger partial charge in [0.1, 0.15) is 11.5 Å². The van der Waals surface area contributed by atoms with Gasteiger partial charge >= 0.3 is 0 Å². The molecule has 3 N–H and O–H groups in total. The van der Waals surface area contributed by atoms with Crippen LogP contribution in [0, 0.1) is 5.82 Å². The molecule has 0 radical (unpaired) electrons.